The van der Waals surface area contributed by atoms with Gasteiger partial charge in [-0.3, -0.25) is 9.79 Å². The zero-order chi connectivity index (χ0) is 24.6. The Morgan fingerprint density at radius 2 is 2.29 bits per heavy atom. The summed E-state index contributed by atoms with van der Waals surface area (Å²) >= 11 is 4.85. The SMILES string of the molecule is CCOC(=O)C1=C(CN2CC3(CCNC3)CC2=O)NC(c2nccs2)=NC1c1ccc(F)cc1Br. The number of benzene rings is 1. The molecule has 0 radical (unpaired) electrons. The van der Waals surface area contributed by atoms with Crippen molar-refractivity contribution < 1.29 is 18.7 Å². The minimum Gasteiger partial charge on any atom is -0.463 e. The lowest BCUT2D eigenvalue weighted by Gasteiger charge is -2.30. The van der Waals surface area contributed by atoms with Crippen LogP contribution in [0.15, 0.2) is 50.5 Å². The van der Waals surface area contributed by atoms with Crippen molar-refractivity contribution in [2.24, 2.45) is 10.4 Å². The Kier molecular flexibility index (Phi) is 6.73. The van der Waals surface area contributed by atoms with E-state index in [-0.39, 0.29) is 24.5 Å². The van der Waals surface area contributed by atoms with Crippen LogP contribution >= 0.6 is 27.3 Å². The molecule has 11 heteroatoms. The van der Waals surface area contributed by atoms with Crippen LogP contribution in [0.3, 0.4) is 0 Å². The number of ether oxygens (including phenoxy) is 1. The number of carbonyl (C=O) groups excluding carboxylic acids is 2. The molecule has 1 spiro atoms. The van der Waals surface area contributed by atoms with Crippen molar-refractivity contribution in [3.8, 4) is 0 Å². The van der Waals surface area contributed by atoms with Gasteiger partial charge in [-0.1, -0.05) is 22.0 Å². The number of halogens is 2. The van der Waals surface area contributed by atoms with Crippen LogP contribution in [0.5, 0.6) is 0 Å². The molecule has 1 amide bonds. The molecule has 2 saturated heterocycles. The molecule has 3 aliphatic heterocycles. The van der Waals surface area contributed by atoms with E-state index in [1.165, 1.54) is 23.5 Å². The molecule has 2 aromatic rings. The van der Waals surface area contributed by atoms with Crippen LogP contribution in [-0.2, 0) is 14.3 Å². The van der Waals surface area contributed by atoms with Crippen LogP contribution in [0.1, 0.15) is 36.4 Å². The predicted octanol–water partition coefficient (Wildman–Crippen LogP) is 3.17. The molecule has 5 rings (SSSR count). The van der Waals surface area contributed by atoms with E-state index >= 15 is 0 Å². The third-order valence-corrected chi connectivity index (χ3v) is 8.07. The maximum Gasteiger partial charge on any atom is 0.338 e. The number of hydrogen-bond acceptors (Lipinski definition) is 8. The van der Waals surface area contributed by atoms with E-state index in [0.29, 0.717) is 45.1 Å². The maximum atomic E-state index is 13.9. The normalized spacial score (nSPS) is 24.2. The zero-order valence-electron chi connectivity index (χ0n) is 19.1. The van der Waals surface area contributed by atoms with E-state index in [9.17, 15) is 14.0 Å². The van der Waals surface area contributed by atoms with Gasteiger partial charge < -0.3 is 20.3 Å². The Balaban J connectivity index is 1.58. The summed E-state index contributed by atoms with van der Waals surface area (Å²) in [5.41, 5.74) is 1.40. The lowest BCUT2D eigenvalue weighted by Crippen LogP contribution is -2.40. The summed E-state index contributed by atoms with van der Waals surface area (Å²) in [6, 6.07) is 3.53. The standard InChI is InChI=1S/C24H25BrFN5O3S/c1-2-34-23(33)19-17(11-31-13-24(10-18(31)32)5-6-27-12-24)29-21(22-28-7-8-35-22)30-20(19)15-4-3-14(26)9-16(15)25/h3-4,7-9,20,27H,2,5-6,10-13H2,1H3,(H,29,30). The van der Waals surface area contributed by atoms with Gasteiger partial charge in [0, 0.05) is 46.7 Å². The van der Waals surface area contributed by atoms with Crippen molar-refractivity contribution in [3.63, 3.8) is 0 Å². The predicted molar refractivity (Wildman–Crippen MR) is 133 cm³/mol. The molecule has 4 heterocycles. The van der Waals surface area contributed by atoms with Crippen LogP contribution in [-0.4, -0.2) is 60.4 Å². The highest BCUT2D eigenvalue weighted by Crippen LogP contribution is 2.40. The monoisotopic (exact) mass is 561 g/mol. The number of esters is 1. The van der Waals surface area contributed by atoms with Crippen LogP contribution in [0.25, 0.3) is 0 Å². The van der Waals surface area contributed by atoms with Gasteiger partial charge in [-0.05, 0) is 37.6 Å². The molecule has 2 unspecified atom stereocenters. The Morgan fingerprint density at radius 3 is 2.97 bits per heavy atom. The number of rotatable bonds is 6. The Labute approximate surface area is 214 Å². The number of carbonyl (C=O) groups is 2. The van der Waals surface area contributed by atoms with Gasteiger partial charge in [0.25, 0.3) is 0 Å². The molecule has 2 fully saturated rings. The zero-order valence-corrected chi connectivity index (χ0v) is 21.5. The minimum absolute atomic E-state index is 0.0593. The first-order chi connectivity index (χ1) is 16.9. The van der Waals surface area contributed by atoms with Crippen molar-refractivity contribution in [1.29, 1.82) is 0 Å². The fourth-order valence-electron chi connectivity index (χ4n) is 4.96. The highest BCUT2D eigenvalue weighted by molar-refractivity contribution is 9.10. The van der Waals surface area contributed by atoms with Gasteiger partial charge >= 0.3 is 5.97 Å². The van der Waals surface area contributed by atoms with Gasteiger partial charge in [0.15, 0.2) is 10.8 Å². The summed E-state index contributed by atoms with van der Waals surface area (Å²) < 4.78 is 19.8. The molecule has 0 saturated carbocycles. The Morgan fingerprint density at radius 1 is 1.43 bits per heavy atom. The Bertz CT molecular complexity index is 1210. The van der Waals surface area contributed by atoms with Gasteiger partial charge in [0.2, 0.25) is 5.91 Å². The molecule has 2 N–H and O–H groups in total. The molecule has 2 atom stereocenters. The third kappa shape index (κ3) is 4.76. The van der Waals surface area contributed by atoms with Crippen molar-refractivity contribution in [1.82, 2.24) is 20.5 Å². The molecule has 8 nitrogen and oxygen atoms in total. The number of likely N-dealkylation sites (tertiary alicyclic amines) is 1. The van der Waals surface area contributed by atoms with E-state index < -0.39 is 17.8 Å². The maximum absolute atomic E-state index is 13.9. The van der Waals surface area contributed by atoms with Crippen molar-refractivity contribution in [3.05, 3.63) is 61.9 Å². The third-order valence-electron chi connectivity index (χ3n) is 6.60. The van der Waals surface area contributed by atoms with E-state index in [0.717, 1.165) is 19.5 Å². The van der Waals surface area contributed by atoms with Gasteiger partial charge in [0.05, 0.1) is 18.7 Å². The lowest BCUT2D eigenvalue weighted by atomic mass is 9.86. The van der Waals surface area contributed by atoms with E-state index in [1.54, 1.807) is 24.1 Å². The number of nitrogens with one attached hydrogen (secondary N) is 2. The second-order valence-corrected chi connectivity index (χ2v) is 10.7. The number of thiazole rings is 1. The average molecular weight is 562 g/mol. The summed E-state index contributed by atoms with van der Waals surface area (Å²) in [6.07, 6.45) is 3.12. The van der Waals surface area contributed by atoms with Crippen molar-refractivity contribution >= 4 is 45.0 Å². The molecular formula is C24H25BrFN5O3S. The molecule has 0 aliphatic carbocycles. The van der Waals surface area contributed by atoms with Crippen LogP contribution in [0.2, 0.25) is 0 Å². The first kappa shape index (κ1) is 24.1. The fourth-order valence-corrected chi connectivity index (χ4v) is 6.12. The van der Waals surface area contributed by atoms with E-state index in [2.05, 4.69) is 31.5 Å². The van der Waals surface area contributed by atoms with Crippen molar-refractivity contribution in [2.75, 3.05) is 32.8 Å². The first-order valence-electron chi connectivity index (χ1n) is 11.5. The molecule has 3 aliphatic rings. The number of nitrogens with zero attached hydrogens (tertiary/aromatic N) is 3. The van der Waals surface area contributed by atoms with E-state index in [4.69, 9.17) is 9.73 Å². The largest absolute Gasteiger partial charge is 0.463 e. The molecule has 184 valence electrons. The molecule has 1 aromatic heterocycles. The smallest absolute Gasteiger partial charge is 0.338 e. The number of aliphatic imine (C=N–C) groups is 1. The quantitative estimate of drug-likeness (QED) is 0.526. The number of amides is 1. The molecular weight excluding hydrogens is 537 g/mol. The fraction of sp³-hybridized carbons (Fsp3) is 0.417. The summed E-state index contributed by atoms with van der Waals surface area (Å²) in [6.45, 7) is 4.47. The van der Waals surface area contributed by atoms with Gasteiger partial charge in [-0.2, -0.15) is 0 Å². The second-order valence-electron chi connectivity index (χ2n) is 8.97. The number of amidine groups is 1. The van der Waals surface area contributed by atoms with Gasteiger partial charge in [-0.25, -0.2) is 14.2 Å². The van der Waals surface area contributed by atoms with Gasteiger partial charge in [0.1, 0.15) is 11.9 Å². The minimum atomic E-state index is -0.765. The molecule has 0 bridgehead atoms. The van der Waals surface area contributed by atoms with Crippen LogP contribution in [0, 0.1) is 11.2 Å². The molecule has 35 heavy (non-hydrogen) atoms. The van der Waals surface area contributed by atoms with Gasteiger partial charge in [-0.15, -0.1) is 11.3 Å². The van der Waals surface area contributed by atoms with Crippen molar-refractivity contribution in [2.45, 2.75) is 25.8 Å². The highest BCUT2D eigenvalue weighted by atomic mass is 79.9. The number of hydrogen-bond donors (Lipinski definition) is 2. The first-order valence-corrected chi connectivity index (χ1v) is 13.1. The topological polar surface area (TPSA) is 95.9 Å². The number of aromatic nitrogens is 1. The highest BCUT2D eigenvalue weighted by Gasteiger charge is 2.46. The van der Waals surface area contributed by atoms with E-state index in [1.807, 2.05) is 5.38 Å². The summed E-state index contributed by atoms with van der Waals surface area (Å²) in [7, 11) is 0. The van der Waals surface area contributed by atoms with Crippen LogP contribution < -0.4 is 10.6 Å². The average Bonchev–Trinajstić information content (AvgIpc) is 3.56. The lowest BCUT2D eigenvalue weighted by molar-refractivity contribution is -0.139. The van der Waals surface area contributed by atoms with Crippen LogP contribution in [0.4, 0.5) is 4.39 Å². The molecule has 1 aromatic carbocycles. The summed E-state index contributed by atoms with van der Waals surface area (Å²) in [4.78, 5) is 37.3. The second kappa shape index (κ2) is 9.79. The summed E-state index contributed by atoms with van der Waals surface area (Å²) in [5, 5.41) is 9.14. The Hall–Kier alpha value is -2.63. The summed E-state index contributed by atoms with van der Waals surface area (Å²) in [5.74, 6) is -0.377.